The number of nitrogens with zero attached hydrogens (tertiary/aromatic N) is 2. The largest absolute Gasteiger partial charge is 0.508 e. The fourth-order valence-corrected chi connectivity index (χ4v) is 2.68. The molecule has 22 heavy (non-hydrogen) atoms. The van der Waals surface area contributed by atoms with Gasteiger partial charge in [-0.1, -0.05) is 31.2 Å². The van der Waals surface area contributed by atoms with Gasteiger partial charge in [-0.2, -0.15) is 0 Å². The summed E-state index contributed by atoms with van der Waals surface area (Å²) >= 11 is 0. The normalized spacial score (nSPS) is 12.3. The monoisotopic (exact) mass is 296 g/mol. The number of benzene rings is 2. The van der Waals surface area contributed by atoms with Gasteiger partial charge in [0.2, 0.25) is 0 Å². The van der Waals surface area contributed by atoms with Crippen molar-refractivity contribution in [1.82, 2.24) is 9.55 Å². The number of halogens is 1. The van der Waals surface area contributed by atoms with Gasteiger partial charge in [0.05, 0.1) is 12.4 Å². The molecule has 4 heteroatoms. The zero-order valence-electron chi connectivity index (χ0n) is 12.3. The van der Waals surface area contributed by atoms with Crippen LogP contribution in [0, 0.1) is 5.82 Å². The Morgan fingerprint density at radius 2 is 1.86 bits per heavy atom. The fourth-order valence-electron chi connectivity index (χ4n) is 2.68. The third-order valence-electron chi connectivity index (χ3n) is 3.83. The molecule has 0 spiro atoms. The number of rotatable bonds is 4. The third kappa shape index (κ3) is 2.72. The Kier molecular flexibility index (Phi) is 3.92. The molecule has 0 amide bonds. The molecule has 3 rings (SSSR count). The summed E-state index contributed by atoms with van der Waals surface area (Å²) in [6, 6.07) is 12.0. The van der Waals surface area contributed by atoms with Crippen LogP contribution in [0.4, 0.5) is 4.39 Å². The van der Waals surface area contributed by atoms with Crippen LogP contribution in [0.2, 0.25) is 0 Å². The van der Waals surface area contributed by atoms with E-state index in [9.17, 15) is 9.50 Å². The van der Waals surface area contributed by atoms with Crippen LogP contribution in [0.1, 0.15) is 24.9 Å². The topological polar surface area (TPSA) is 38.0 Å². The zero-order valence-corrected chi connectivity index (χ0v) is 12.3. The SMILES string of the molecule is CCC(c1ccc(-c2ccc(O)cc2)cc1F)n1ccnc1. The molecule has 0 aliphatic heterocycles. The number of aromatic hydroxyl groups is 1. The maximum absolute atomic E-state index is 14.6. The fraction of sp³-hybridized carbons (Fsp3) is 0.167. The maximum Gasteiger partial charge on any atom is 0.129 e. The van der Waals surface area contributed by atoms with Crippen LogP contribution in [-0.2, 0) is 0 Å². The van der Waals surface area contributed by atoms with Gasteiger partial charge < -0.3 is 9.67 Å². The van der Waals surface area contributed by atoms with E-state index in [0.29, 0.717) is 5.56 Å². The maximum atomic E-state index is 14.6. The van der Waals surface area contributed by atoms with Gasteiger partial charge in [0.25, 0.3) is 0 Å². The average molecular weight is 296 g/mol. The molecule has 0 fully saturated rings. The summed E-state index contributed by atoms with van der Waals surface area (Å²) in [5.74, 6) is -0.0295. The Bertz CT molecular complexity index is 751. The number of phenolic OH excluding ortho intramolecular Hbond substituents is 1. The Balaban J connectivity index is 1.97. The molecule has 3 aromatic rings. The minimum Gasteiger partial charge on any atom is -0.508 e. The molecule has 2 aromatic carbocycles. The Labute approximate surface area is 128 Å². The summed E-state index contributed by atoms with van der Waals surface area (Å²) < 4.78 is 16.5. The minimum atomic E-state index is -0.230. The molecule has 0 bridgehead atoms. The van der Waals surface area contributed by atoms with Crippen LogP contribution in [0.5, 0.6) is 5.75 Å². The van der Waals surface area contributed by atoms with E-state index in [1.54, 1.807) is 42.9 Å². The van der Waals surface area contributed by atoms with E-state index in [1.807, 2.05) is 29.8 Å². The van der Waals surface area contributed by atoms with Crippen molar-refractivity contribution >= 4 is 0 Å². The molecular formula is C18H17FN2O. The highest BCUT2D eigenvalue weighted by molar-refractivity contribution is 5.64. The lowest BCUT2D eigenvalue weighted by atomic mass is 9.98. The zero-order chi connectivity index (χ0) is 15.5. The summed E-state index contributed by atoms with van der Waals surface area (Å²) in [5, 5.41) is 9.33. The highest BCUT2D eigenvalue weighted by Gasteiger charge is 2.16. The van der Waals surface area contributed by atoms with E-state index >= 15 is 0 Å². The summed E-state index contributed by atoms with van der Waals surface area (Å²) in [6.45, 7) is 2.03. The number of hydrogen-bond donors (Lipinski definition) is 1. The molecule has 0 radical (unpaired) electrons. The highest BCUT2D eigenvalue weighted by Crippen LogP contribution is 2.29. The van der Waals surface area contributed by atoms with Gasteiger partial charge in [0, 0.05) is 18.0 Å². The molecule has 3 nitrogen and oxygen atoms in total. The lowest BCUT2D eigenvalue weighted by molar-refractivity contribution is 0.475. The quantitative estimate of drug-likeness (QED) is 0.775. The molecule has 0 aliphatic rings. The first kappa shape index (κ1) is 14.3. The molecular weight excluding hydrogens is 279 g/mol. The van der Waals surface area contributed by atoms with Gasteiger partial charge in [-0.3, -0.25) is 0 Å². The van der Waals surface area contributed by atoms with Gasteiger partial charge in [0.1, 0.15) is 11.6 Å². The van der Waals surface area contributed by atoms with Crippen molar-refractivity contribution in [2.75, 3.05) is 0 Å². The summed E-state index contributed by atoms with van der Waals surface area (Å²) in [4.78, 5) is 4.04. The predicted molar refractivity (Wildman–Crippen MR) is 84.2 cm³/mol. The van der Waals surface area contributed by atoms with E-state index in [4.69, 9.17) is 0 Å². The van der Waals surface area contributed by atoms with Crippen molar-refractivity contribution < 1.29 is 9.50 Å². The summed E-state index contributed by atoms with van der Waals surface area (Å²) in [6.07, 6.45) is 6.04. The van der Waals surface area contributed by atoms with Crippen molar-refractivity contribution in [3.63, 3.8) is 0 Å². The Morgan fingerprint density at radius 3 is 2.45 bits per heavy atom. The van der Waals surface area contributed by atoms with Crippen LogP contribution in [-0.4, -0.2) is 14.7 Å². The van der Waals surface area contributed by atoms with Crippen LogP contribution in [0.25, 0.3) is 11.1 Å². The van der Waals surface area contributed by atoms with Gasteiger partial charge >= 0.3 is 0 Å². The van der Waals surface area contributed by atoms with Gasteiger partial charge in [-0.25, -0.2) is 9.37 Å². The van der Waals surface area contributed by atoms with E-state index in [2.05, 4.69) is 4.98 Å². The first-order valence-electron chi connectivity index (χ1n) is 7.25. The average Bonchev–Trinajstić information content (AvgIpc) is 3.04. The Hall–Kier alpha value is -2.62. The van der Waals surface area contributed by atoms with Crippen molar-refractivity contribution in [2.45, 2.75) is 19.4 Å². The minimum absolute atomic E-state index is 0.0589. The van der Waals surface area contributed by atoms with Crippen molar-refractivity contribution in [1.29, 1.82) is 0 Å². The summed E-state index contributed by atoms with van der Waals surface area (Å²) in [7, 11) is 0. The summed E-state index contributed by atoms with van der Waals surface area (Å²) in [5.41, 5.74) is 2.32. The van der Waals surface area contributed by atoms with E-state index in [-0.39, 0.29) is 17.6 Å². The number of hydrogen-bond acceptors (Lipinski definition) is 2. The van der Waals surface area contributed by atoms with E-state index in [0.717, 1.165) is 17.5 Å². The third-order valence-corrected chi connectivity index (χ3v) is 3.83. The lowest BCUT2D eigenvalue weighted by Gasteiger charge is -2.18. The standard InChI is InChI=1S/C18H17FN2O/c1-2-18(21-10-9-20-12-21)16-8-5-14(11-17(16)19)13-3-6-15(22)7-4-13/h3-12,18,22H,2H2,1H3. The van der Waals surface area contributed by atoms with Crippen molar-refractivity contribution in [3.8, 4) is 16.9 Å². The molecule has 0 saturated carbocycles. The molecule has 112 valence electrons. The van der Waals surface area contributed by atoms with Crippen LogP contribution in [0.3, 0.4) is 0 Å². The van der Waals surface area contributed by atoms with Gasteiger partial charge in [-0.15, -0.1) is 0 Å². The predicted octanol–water partition coefficient (Wildman–Crippen LogP) is 4.39. The van der Waals surface area contributed by atoms with Crippen molar-refractivity contribution in [2.24, 2.45) is 0 Å². The van der Waals surface area contributed by atoms with Gasteiger partial charge in [0.15, 0.2) is 0 Å². The van der Waals surface area contributed by atoms with Crippen molar-refractivity contribution in [3.05, 3.63) is 72.6 Å². The molecule has 1 aromatic heterocycles. The van der Waals surface area contributed by atoms with Crippen LogP contribution < -0.4 is 0 Å². The van der Waals surface area contributed by atoms with E-state index in [1.165, 1.54) is 0 Å². The van der Waals surface area contributed by atoms with Crippen LogP contribution >= 0.6 is 0 Å². The second-order valence-electron chi connectivity index (χ2n) is 5.22. The Morgan fingerprint density at radius 1 is 1.14 bits per heavy atom. The lowest BCUT2D eigenvalue weighted by Crippen LogP contribution is -2.09. The molecule has 1 heterocycles. The number of phenols is 1. The first-order valence-corrected chi connectivity index (χ1v) is 7.25. The molecule has 0 aliphatic carbocycles. The van der Waals surface area contributed by atoms with Crippen LogP contribution in [0.15, 0.2) is 61.2 Å². The highest BCUT2D eigenvalue weighted by atomic mass is 19.1. The van der Waals surface area contributed by atoms with Gasteiger partial charge in [-0.05, 0) is 35.7 Å². The number of aromatic nitrogens is 2. The smallest absolute Gasteiger partial charge is 0.129 e. The molecule has 1 N–H and O–H groups in total. The molecule has 0 saturated heterocycles. The molecule has 1 atom stereocenters. The van der Waals surface area contributed by atoms with E-state index < -0.39 is 0 Å². The number of imidazole rings is 1. The molecule has 1 unspecified atom stereocenters. The first-order chi connectivity index (χ1) is 10.7. The second kappa shape index (κ2) is 6.02. The second-order valence-corrected chi connectivity index (χ2v) is 5.22.